The van der Waals surface area contributed by atoms with Gasteiger partial charge in [-0.3, -0.25) is 0 Å². The Hall–Kier alpha value is -0.695. The first-order valence-electron chi connectivity index (χ1n) is 3.29. The third kappa shape index (κ3) is 1.09. The standard InChI is InChI=1S/C8H5BBrN/c9-7-4-11-8-3-5(10)1-2-6(7)8/h1-4,11H. The molecule has 0 saturated heterocycles. The van der Waals surface area contributed by atoms with Crippen LogP contribution in [0.15, 0.2) is 28.9 Å². The van der Waals surface area contributed by atoms with Gasteiger partial charge in [0.2, 0.25) is 0 Å². The minimum atomic E-state index is 0.799. The monoisotopic (exact) mass is 205 g/mol. The SMILES string of the molecule is [B]c1c[nH]c2cc(Br)ccc12. The molecule has 0 spiro atoms. The molecule has 2 aromatic rings. The maximum absolute atomic E-state index is 5.68. The summed E-state index contributed by atoms with van der Waals surface area (Å²) in [5, 5.41) is 1.08. The number of aromatic amines is 1. The van der Waals surface area contributed by atoms with E-state index in [1.165, 1.54) is 0 Å². The maximum atomic E-state index is 5.68. The van der Waals surface area contributed by atoms with Crippen LogP contribution >= 0.6 is 15.9 Å². The Morgan fingerprint density at radius 3 is 3.00 bits per heavy atom. The van der Waals surface area contributed by atoms with Crippen molar-refractivity contribution in [2.45, 2.75) is 0 Å². The number of hydrogen-bond acceptors (Lipinski definition) is 0. The van der Waals surface area contributed by atoms with E-state index in [-0.39, 0.29) is 0 Å². The topological polar surface area (TPSA) is 15.8 Å². The highest BCUT2D eigenvalue weighted by Gasteiger charge is 1.97. The number of rotatable bonds is 0. The molecule has 1 heterocycles. The molecule has 0 aliphatic heterocycles. The molecule has 1 aromatic carbocycles. The third-order valence-corrected chi connectivity index (χ3v) is 2.17. The lowest BCUT2D eigenvalue weighted by Crippen LogP contribution is -1.96. The molecule has 1 aromatic heterocycles. The van der Waals surface area contributed by atoms with Gasteiger partial charge in [-0.2, -0.15) is 0 Å². The van der Waals surface area contributed by atoms with Crippen LogP contribution in [-0.2, 0) is 0 Å². The number of nitrogens with one attached hydrogen (secondary N) is 1. The van der Waals surface area contributed by atoms with Crippen molar-refractivity contribution < 1.29 is 0 Å². The normalized spacial score (nSPS) is 10.6. The van der Waals surface area contributed by atoms with Crippen LogP contribution in [0.5, 0.6) is 0 Å². The van der Waals surface area contributed by atoms with Gasteiger partial charge in [0.25, 0.3) is 0 Å². The Morgan fingerprint density at radius 1 is 1.36 bits per heavy atom. The second-order valence-electron chi connectivity index (χ2n) is 2.43. The molecule has 0 atom stereocenters. The molecule has 0 fully saturated rings. The van der Waals surface area contributed by atoms with E-state index in [9.17, 15) is 0 Å². The fourth-order valence-corrected chi connectivity index (χ4v) is 1.48. The van der Waals surface area contributed by atoms with E-state index in [2.05, 4.69) is 20.9 Å². The van der Waals surface area contributed by atoms with Crippen LogP contribution in [0.3, 0.4) is 0 Å². The highest BCUT2D eigenvalue weighted by molar-refractivity contribution is 9.10. The molecular weight excluding hydrogens is 201 g/mol. The number of aromatic nitrogens is 1. The minimum absolute atomic E-state index is 0.799. The summed E-state index contributed by atoms with van der Waals surface area (Å²) in [5.74, 6) is 0. The third-order valence-electron chi connectivity index (χ3n) is 1.68. The van der Waals surface area contributed by atoms with Gasteiger partial charge in [-0.1, -0.05) is 27.5 Å². The molecule has 1 N–H and O–H groups in total. The fourth-order valence-electron chi connectivity index (χ4n) is 1.12. The van der Waals surface area contributed by atoms with Gasteiger partial charge < -0.3 is 4.98 Å². The van der Waals surface area contributed by atoms with E-state index in [0.29, 0.717) is 0 Å². The molecule has 1 nitrogen and oxygen atoms in total. The molecule has 3 heteroatoms. The predicted octanol–water partition coefficient (Wildman–Crippen LogP) is 1.72. The zero-order chi connectivity index (χ0) is 7.84. The molecule has 0 saturated carbocycles. The number of H-pyrrole nitrogens is 1. The molecule has 2 radical (unpaired) electrons. The van der Waals surface area contributed by atoms with Crippen molar-refractivity contribution >= 4 is 40.1 Å². The van der Waals surface area contributed by atoms with Crippen LogP contribution in [0.2, 0.25) is 0 Å². The summed E-state index contributed by atoms with van der Waals surface area (Å²) in [6.07, 6.45) is 1.80. The number of benzene rings is 1. The predicted molar refractivity (Wildman–Crippen MR) is 51.4 cm³/mol. The maximum Gasteiger partial charge on any atom is 0.116 e. The lowest BCUT2D eigenvalue weighted by atomic mass is 9.96. The first-order chi connectivity index (χ1) is 5.27. The summed E-state index contributed by atoms with van der Waals surface area (Å²) < 4.78 is 1.06. The summed E-state index contributed by atoms with van der Waals surface area (Å²) in [4.78, 5) is 3.07. The molecule has 2 rings (SSSR count). The van der Waals surface area contributed by atoms with Gasteiger partial charge in [-0.25, -0.2) is 0 Å². The van der Waals surface area contributed by atoms with Crippen molar-refractivity contribution in [2.75, 3.05) is 0 Å². The zero-order valence-corrected chi connectivity index (χ0v) is 7.35. The highest BCUT2D eigenvalue weighted by Crippen LogP contribution is 2.16. The van der Waals surface area contributed by atoms with E-state index >= 15 is 0 Å². The van der Waals surface area contributed by atoms with Crippen molar-refractivity contribution in [3.8, 4) is 0 Å². The van der Waals surface area contributed by atoms with Crippen molar-refractivity contribution in [1.82, 2.24) is 4.98 Å². The first-order valence-corrected chi connectivity index (χ1v) is 4.09. The van der Waals surface area contributed by atoms with Crippen LogP contribution in [-0.4, -0.2) is 12.8 Å². The lowest BCUT2D eigenvalue weighted by Gasteiger charge is -1.91. The van der Waals surface area contributed by atoms with Gasteiger partial charge in [0.15, 0.2) is 0 Å². The highest BCUT2D eigenvalue weighted by atomic mass is 79.9. The van der Waals surface area contributed by atoms with Crippen molar-refractivity contribution in [1.29, 1.82) is 0 Å². The van der Waals surface area contributed by atoms with Crippen LogP contribution in [0.25, 0.3) is 10.9 Å². The largest absolute Gasteiger partial charge is 0.362 e. The van der Waals surface area contributed by atoms with Gasteiger partial charge in [0.1, 0.15) is 7.85 Å². The van der Waals surface area contributed by atoms with Gasteiger partial charge in [0.05, 0.1) is 0 Å². The second kappa shape index (κ2) is 2.41. The van der Waals surface area contributed by atoms with Gasteiger partial charge in [0, 0.05) is 9.99 Å². The van der Waals surface area contributed by atoms with E-state index in [1.807, 2.05) is 18.2 Å². The number of hydrogen-bond donors (Lipinski definition) is 1. The molecule has 0 aliphatic carbocycles. The zero-order valence-electron chi connectivity index (χ0n) is 5.76. The average Bonchev–Trinajstić information content (AvgIpc) is 2.32. The summed E-state index contributed by atoms with van der Waals surface area (Å²) in [7, 11) is 5.68. The molecule has 0 bridgehead atoms. The Morgan fingerprint density at radius 2 is 2.18 bits per heavy atom. The van der Waals surface area contributed by atoms with Crippen molar-refractivity contribution in [3.05, 3.63) is 28.9 Å². The van der Waals surface area contributed by atoms with Crippen molar-refractivity contribution in [3.63, 3.8) is 0 Å². The Labute approximate surface area is 74.3 Å². The Kier molecular flexibility index (Phi) is 1.53. The fraction of sp³-hybridized carbons (Fsp3) is 0. The first kappa shape index (κ1) is 6.98. The Bertz CT molecular complexity index is 394. The minimum Gasteiger partial charge on any atom is -0.362 e. The second-order valence-corrected chi connectivity index (χ2v) is 3.35. The molecular formula is C8H5BBrN. The van der Waals surface area contributed by atoms with Gasteiger partial charge >= 0.3 is 0 Å². The molecule has 0 aliphatic rings. The average molecular weight is 206 g/mol. The van der Waals surface area contributed by atoms with Crippen LogP contribution in [0, 0.1) is 0 Å². The molecule has 11 heavy (non-hydrogen) atoms. The van der Waals surface area contributed by atoms with Gasteiger partial charge in [-0.05, 0) is 23.7 Å². The van der Waals surface area contributed by atoms with Gasteiger partial charge in [-0.15, -0.1) is 0 Å². The molecule has 0 amide bonds. The van der Waals surface area contributed by atoms with Crippen LogP contribution < -0.4 is 5.46 Å². The van der Waals surface area contributed by atoms with E-state index < -0.39 is 0 Å². The molecule has 52 valence electrons. The summed E-state index contributed by atoms with van der Waals surface area (Å²) >= 11 is 3.38. The van der Waals surface area contributed by atoms with E-state index in [1.54, 1.807) is 6.20 Å². The van der Waals surface area contributed by atoms with E-state index in [0.717, 1.165) is 20.8 Å². The Balaban J connectivity index is 2.86. The van der Waals surface area contributed by atoms with Crippen LogP contribution in [0.4, 0.5) is 0 Å². The summed E-state index contributed by atoms with van der Waals surface area (Å²) in [6, 6.07) is 5.98. The van der Waals surface area contributed by atoms with E-state index in [4.69, 9.17) is 7.85 Å². The quantitative estimate of drug-likeness (QED) is 0.631. The summed E-state index contributed by atoms with van der Waals surface area (Å²) in [6.45, 7) is 0. The summed E-state index contributed by atoms with van der Waals surface area (Å²) in [5.41, 5.74) is 1.87. The smallest absolute Gasteiger partial charge is 0.116 e. The molecule has 0 unspecified atom stereocenters. The number of fused-ring (bicyclic) bond motifs is 1. The van der Waals surface area contributed by atoms with Crippen molar-refractivity contribution in [2.24, 2.45) is 0 Å². The van der Waals surface area contributed by atoms with Crippen LogP contribution in [0.1, 0.15) is 0 Å². The lowest BCUT2D eigenvalue weighted by molar-refractivity contribution is 1.48. The number of halogens is 1.